The van der Waals surface area contributed by atoms with Gasteiger partial charge in [-0.1, -0.05) is 24.3 Å². The van der Waals surface area contributed by atoms with E-state index >= 15 is 0 Å². The topological polar surface area (TPSA) is 55.8 Å². The zero-order valence-corrected chi connectivity index (χ0v) is 21.4. The first-order chi connectivity index (χ1) is 17.9. The molecule has 2 aromatic carbocycles. The molecule has 0 saturated heterocycles. The van der Waals surface area contributed by atoms with Crippen LogP contribution in [0.3, 0.4) is 0 Å². The summed E-state index contributed by atoms with van der Waals surface area (Å²) in [6.07, 6.45) is 6.62. The smallest absolute Gasteiger partial charge is 0.165 e. The average Bonchev–Trinajstić information content (AvgIpc) is 2.90. The summed E-state index contributed by atoms with van der Waals surface area (Å²) in [6, 6.07) is 10.1. The molecule has 0 amide bonds. The van der Waals surface area contributed by atoms with Crippen LogP contribution in [0, 0.1) is 5.82 Å². The zero-order valence-electron chi connectivity index (χ0n) is 21.4. The lowest BCUT2D eigenvalue weighted by molar-refractivity contribution is -0.117. The SMILES string of the molecule is C=CCc1cc(C2C3=C(CCCC3=O)N(C)C3=C2C(=O)CCC3)cc(OC)c1OCc1ccc(F)cc1. The number of allylic oxidation sites excluding steroid dienone is 5. The highest BCUT2D eigenvalue weighted by Crippen LogP contribution is 2.50. The predicted octanol–water partition coefficient (Wildman–Crippen LogP) is 6.19. The minimum atomic E-state index is -0.412. The highest BCUT2D eigenvalue weighted by Gasteiger charge is 2.42. The van der Waals surface area contributed by atoms with Gasteiger partial charge in [-0.2, -0.15) is 0 Å². The Morgan fingerprint density at radius 2 is 1.62 bits per heavy atom. The van der Waals surface area contributed by atoms with Crippen molar-refractivity contribution in [1.82, 2.24) is 4.90 Å². The lowest BCUT2D eigenvalue weighted by atomic mass is 9.71. The van der Waals surface area contributed by atoms with Crippen LogP contribution in [0.4, 0.5) is 4.39 Å². The summed E-state index contributed by atoms with van der Waals surface area (Å²) < 4.78 is 25.3. The highest BCUT2D eigenvalue weighted by molar-refractivity contribution is 6.06. The van der Waals surface area contributed by atoms with E-state index in [9.17, 15) is 14.0 Å². The molecule has 0 unspecified atom stereocenters. The molecule has 0 radical (unpaired) electrons. The van der Waals surface area contributed by atoms with Crippen molar-refractivity contribution in [1.29, 1.82) is 0 Å². The Morgan fingerprint density at radius 3 is 2.19 bits per heavy atom. The van der Waals surface area contributed by atoms with E-state index in [1.807, 2.05) is 19.2 Å². The number of methoxy groups -OCH3 is 1. The van der Waals surface area contributed by atoms with Crippen molar-refractivity contribution in [3.8, 4) is 11.5 Å². The number of halogens is 1. The lowest BCUT2D eigenvalue weighted by Gasteiger charge is -2.42. The van der Waals surface area contributed by atoms with Crippen LogP contribution in [0.25, 0.3) is 0 Å². The fourth-order valence-corrected chi connectivity index (χ4v) is 5.89. The van der Waals surface area contributed by atoms with Crippen LogP contribution in [-0.4, -0.2) is 30.6 Å². The van der Waals surface area contributed by atoms with E-state index in [4.69, 9.17) is 9.47 Å². The van der Waals surface area contributed by atoms with Gasteiger partial charge in [0.05, 0.1) is 7.11 Å². The summed E-state index contributed by atoms with van der Waals surface area (Å²) in [7, 11) is 3.58. The van der Waals surface area contributed by atoms with Gasteiger partial charge in [0, 0.05) is 53.9 Å². The maximum atomic E-state index is 13.3. The van der Waals surface area contributed by atoms with E-state index in [1.54, 1.807) is 25.3 Å². The van der Waals surface area contributed by atoms with E-state index in [-0.39, 0.29) is 24.0 Å². The van der Waals surface area contributed by atoms with Crippen LogP contribution in [0.1, 0.15) is 61.1 Å². The minimum absolute atomic E-state index is 0.115. The minimum Gasteiger partial charge on any atom is -0.493 e. The van der Waals surface area contributed by atoms with Crippen LogP contribution in [0.2, 0.25) is 0 Å². The van der Waals surface area contributed by atoms with Gasteiger partial charge in [-0.05, 0) is 61.4 Å². The number of ketones is 2. The molecular formula is C31H32FNO4. The molecule has 1 aliphatic heterocycles. The Hall–Kier alpha value is -3.67. The van der Waals surface area contributed by atoms with Gasteiger partial charge in [0.25, 0.3) is 0 Å². The van der Waals surface area contributed by atoms with Gasteiger partial charge in [-0.3, -0.25) is 9.59 Å². The monoisotopic (exact) mass is 501 g/mol. The van der Waals surface area contributed by atoms with Crippen molar-refractivity contribution in [2.45, 2.75) is 57.5 Å². The predicted molar refractivity (Wildman–Crippen MR) is 140 cm³/mol. The average molecular weight is 502 g/mol. The second-order valence-electron chi connectivity index (χ2n) is 9.89. The van der Waals surface area contributed by atoms with Crippen LogP contribution in [0.5, 0.6) is 11.5 Å². The number of hydrogen-bond acceptors (Lipinski definition) is 5. The quantitative estimate of drug-likeness (QED) is 0.424. The van der Waals surface area contributed by atoms with E-state index in [0.29, 0.717) is 30.8 Å². The molecule has 37 heavy (non-hydrogen) atoms. The highest BCUT2D eigenvalue weighted by atomic mass is 19.1. The molecule has 0 N–H and O–H groups in total. The number of carbonyl (C=O) groups is 2. The summed E-state index contributed by atoms with van der Waals surface area (Å²) in [5, 5.41) is 0. The molecule has 192 valence electrons. The molecule has 3 aliphatic rings. The van der Waals surface area contributed by atoms with Crippen molar-refractivity contribution < 1.29 is 23.5 Å². The molecule has 2 aliphatic carbocycles. The molecule has 0 aromatic heterocycles. The first-order valence-corrected chi connectivity index (χ1v) is 12.9. The zero-order chi connectivity index (χ0) is 26.1. The van der Waals surface area contributed by atoms with Gasteiger partial charge in [-0.25, -0.2) is 4.39 Å². The standard InChI is InChI=1S/C31H32FNO4/c1-4-7-20-16-21(17-27(36-3)31(20)37-18-19-12-14-22(32)15-13-19)28-29-23(8-5-10-25(29)34)33(2)24-9-6-11-26(35)30(24)28/h4,12-17,28H,1,5-11,18H2,2-3H3. The second kappa shape index (κ2) is 10.4. The molecule has 0 spiro atoms. The van der Waals surface area contributed by atoms with E-state index in [2.05, 4.69) is 11.5 Å². The third-order valence-electron chi connectivity index (χ3n) is 7.61. The first kappa shape index (κ1) is 25.0. The molecule has 5 rings (SSSR count). The summed E-state index contributed by atoms with van der Waals surface area (Å²) in [6.45, 7) is 4.16. The number of Topliss-reactive ketones (excluding diaryl/α,β-unsaturated/α-hetero) is 2. The number of ether oxygens (including phenoxy) is 2. The molecule has 0 fully saturated rings. The molecule has 0 saturated carbocycles. The van der Waals surface area contributed by atoms with Crippen molar-refractivity contribution >= 4 is 11.6 Å². The van der Waals surface area contributed by atoms with Crippen molar-refractivity contribution in [3.63, 3.8) is 0 Å². The Bertz CT molecular complexity index is 1280. The largest absolute Gasteiger partial charge is 0.493 e. The first-order valence-electron chi connectivity index (χ1n) is 12.9. The molecule has 6 heteroatoms. The van der Waals surface area contributed by atoms with Crippen molar-refractivity contribution in [3.05, 3.63) is 94.1 Å². The van der Waals surface area contributed by atoms with Gasteiger partial charge >= 0.3 is 0 Å². The molecule has 5 nitrogen and oxygen atoms in total. The summed E-state index contributed by atoms with van der Waals surface area (Å²) in [5.74, 6) is 0.634. The van der Waals surface area contributed by atoms with Crippen LogP contribution in [0.15, 0.2) is 71.6 Å². The number of carbonyl (C=O) groups excluding carboxylic acids is 2. The maximum absolute atomic E-state index is 13.3. The van der Waals surface area contributed by atoms with E-state index < -0.39 is 5.92 Å². The van der Waals surface area contributed by atoms with Crippen LogP contribution >= 0.6 is 0 Å². The molecule has 0 atom stereocenters. The Kier molecular flexibility index (Phi) is 7.00. The molecule has 0 bridgehead atoms. The van der Waals surface area contributed by atoms with Crippen molar-refractivity contribution in [2.24, 2.45) is 0 Å². The third-order valence-corrected chi connectivity index (χ3v) is 7.61. The number of rotatable bonds is 7. The van der Waals surface area contributed by atoms with Gasteiger partial charge in [0.2, 0.25) is 0 Å². The van der Waals surface area contributed by atoms with Gasteiger partial charge in [0.1, 0.15) is 12.4 Å². The second-order valence-corrected chi connectivity index (χ2v) is 9.89. The Balaban J connectivity index is 1.62. The maximum Gasteiger partial charge on any atom is 0.165 e. The summed E-state index contributed by atoms with van der Waals surface area (Å²) in [4.78, 5) is 28.8. The fourth-order valence-electron chi connectivity index (χ4n) is 5.89. The van der Waals surface area contributed by atoms with Crippen molar-refractivity contribution in [2.75, 3.05) is 14.2 Å². The van der Waals surface area contributed by atoms with Crippen LogP contribution < -0.4 is 9.47 Å². The number of hydrogen-bond donors (Lipinski definition) is 0. The van der Waals surface area contributed by atoms with E-state index in [0.717, 1.165) is 64.9 Å². The molecule has 1 heterocycles. The Morgan fingerprint density at radius 1 is 1.00 bits per heavy atom. The number of nitrogens with zero attached hydrogens (tertiary/aromatic N) is 1. The van der Waals surface area contributed by atoms with Crippen LogP contribution in [-0.2, 0) is 22.6 Å². The van der Waals surface area contributed by atoms with Gasteiger partial charge in [-0.15, -0.1) is 6.58 Å². The Labute approximate surface area is 217 Å². The third kappa shape index (κ3) is 4.61. The fraction of sp³-hybridized carbons (Fsp3) is 0.355. The normalized spacial score (nSPS) is 18.1. The summed E-state index contributed by atoms with van der Waals surface area (Å²) in [5.41, 5.74) is 6.12. The lowest BCUT2D eigenvalue weighted by Crippen LogP contribution is -2.37. The van der Waals surface area contributed by atoms with Gasteiger partial charge in [0.15, 0.2) is 23.1 Å². The summed E-state index contributed by atoms with van der Waals surface area (Å²) >= 11 is 0. The molecular weight excluding hydrogens is 469 g/mol. The van der Waals surface area contributed by atoms with E-state index in [1.165, 1.54) is 12.1 Å². The number of benzene rings is 2. The molecule has 2 aromatic rings. The van der Waals surface area contributed by atoms with Gasteiger partial charge < -0.3 is 14.4 Å².